The molecule has 2 fully saturated rings. The van der Waals surface area contributed by atoms with Crippen LogP contribution in [0.1, 0.15) is 45.4 Å². The lowest BCUT2D eigenvalue weighted by Gasteiger charge is -2.41. The molecule has 1 saturated carbocycles. The van der Waals surface area contributed by atoms with Crippen LogP contribution in [-0.2, 0) is 9.59 Å². The van der Waals surface area contributed by atoms with E-state index in [0.717, 1.165) is 45.1 Å². The fourth-order valence-electron chi connectivity index (χ4n) is 3.58. The van der Waals surface area contributed by atoms with Crippen LogP contribution in [-0.4, -0.2) is 42.4 Å². The SMILES string of the molecule is CNC(=O)C1CCCN(C(=O)C2CCCCC2(C)N)C1. The van der Waals surface area contributed by atoms with Gasteiger partial charge in [-0.3, -0.25) is 9.59 Å². The molecular weight excluding hydrogens is 254 g/mol. The lowest BCUT2D eigenvalue weighted by molar-refractivity contribution is -0.142. The van der Waals surface area contributed by atoms with Crippen molar-refractivity contribution in [1.29, 1.82) is 0 Å². The number of rotatable bonds is 2. The van der Waals surface area contributed by atoms with E-state index in [4.69, 9.17) is 5.73 Å². The van der Waals surface area contributed by atoms with Crippen molar-refractivity contribution in [3.63, 3.8) is 0 Å². The molecule has 2 amide bonds. The molecule has 5 nitrogen and oxygen atoms in total. The van der Waals surface area contributed by atoms with Crippen molar-refractivity contribution in [2.45, 2.75) is 51.0 Å². The molecule has 3 N–H and O–H groups in total. The molecule has 0 aromatic rings. The predicted octanol–water partition coefficient (Wildman–Crippen LogP) is 0.879. The van der Waals surface area contributed by atoms with Gasteiger partial charge in [-0.2, -0.15) is 0 Å². The zero-order valence-corrected chi connectivity index (χ0v) is 12.7. The van der Waals surface area contributed by atoms with Crippen LogP contribution in [0.15, 0.2) is 0 Å². The largest absolute Gasteiger partial charge is 0.359 e. The minimum absolute atomic E-state index is 0.0432. The van der Waals surface area contributed by atoms with E-state index in [1.165, 1.54) is 0 Å². The molecule has 2 rings (SSSR count). The van der Waals surface area contributed by atoms with Gasteiger partial charge in [0.15, 0.2) is 0 Å². The summed E-state index contributed by atoms with van der Waals surface area (Å²) < 4.78 is 0. The molecule has 1 aliphatic carbocycles. The first-order valence-electron chi connectivity index (χ1n) is 7.75. The van der Waals surface area contributed by atoms with Gasteiger partial charge in [-0.15, -0.1) is 0 Å². The van der Waals surface area contributed by atoms with Crippen LogP contribution in [0.25, 0.3) is 0 Å². The maximum Gasteiger partial charge on any atom is 0.227 e. The molecule has 0 aromatic heterocycles. The molecule has 0 radical (unpaired) electrons. The molecule has 2 aliphatic rings. The second-order valence-electron chi connectivity index (χ2n) is 6.54. The fourth-order valence-corrected chi connectivity index (χ4v) is 3.58. The molecule has 5 heteroatoms. The summed E-state index contributed by atoms with van der Waals surface area (Å²) in [5, 5.41) is 2.69. The van der Waals surface area contributed by atoms with E-state index in [-0.39, 0.29) is 23.7 Å². The van der Waals surface area contributed by atoms with Crippen molar-refractivity contribution in [1.82, 2.24) is 10.2 Å². The molecular formula is C15H27N3O2. The predicted molar refractivity (Wildman–Crippen MR) is 77.9 cm³/mol. The summed E-state index contributed by atoms with van der Waals surface area (Å²) in [6, 6.07) is 0. The number of nitrogens with two attached hydrogens (primary N) is 1. The van der Waals surface area contributed by atoms with E-state index >= 15 is 0 Å². The number of hydrogen-bond donors (Lipinski definition) is 2. The monoisotopic (exact) mass is 281 g/mol. The zero-order chi connectivity index (χ0) is 14.8. The molecule has 0 bridgehead atoms. The summed E-state index contributed by atoms with van der Waals surface area (Å²) >= 11 is 0. The molecule has 0 aromatic carbocycles. The zero-order valence-electron chi connectivity index (χ0n) is 12.7. The van der Waals surface area contributed by atoms with Crippen LogP contribution >= 0.6 is 0 Å². The molecule has 3 atom stereocenters. The summed E-state index contributed by atoms with van der Waals surface area (Å²) in [7, 11) is 1.65. The summed E-state index contributed by atoms with van der Waals surface area (Å²) in [5.74, 6) is 0.0509. The van der Waals surface area contributed by atoms with Crippen molar-refractivity contribution >= 4 is 11.8 Å². The number of amides is 2. The third-order valence-corrected chi connectivity index (χ3v) is 4.90. The summed E-state index contributed by atoms with van der Waals surface area (Å²) in [5.41, 5.74) is 5.93. The quantitative estimate of drug-likeness (QED) is 0.789. The van der Waals surface area contributed by atoms with Gasteiger partial charge in [0.05, 0.1) is 11.8 Å². The average Bonchev–Trinajstić information content (AvgIpc) is 2.45. The Kier molecular flexibility index (Phi) is 4.68. The van der Waals surface area contributed by atoms with Gasteiger partial charge in [-0.05, 0) is 32.6 Å². The van der Waals surface area contributed by atoms with E-state index < -0.39 is 5.54 Å². The number of likely N-dealkylation sites (tertiary alicyclic amines) is 1. The Hall–Kier alpha value is -1.10. The number of piperidine rings is 1. The number of nitrogens with one attached hydrogen (secondary N) is 1. The second-order valence-corrected chi connectivity index (χ2v) is 6.54. The maximum absolute atomic E-state index is 12.7. The minimum Gasteiger partial charge on any atom is -0.359 e. The normalized spacial score (nSPS) is 34.6. The topological polar surface area (TPSA) is 75.4 Å². The molecule has 0 spiro atoms. The van der Waals surface area contributed by atoms with Gasteiger partial charge in [-0.1, -0.05) is 12.8 Å². The highest BCUT2D eigenvalue weighted by molar-refractivity contribution is 5.83. The van der Waals surface area contributed by atoms with Crippen LogP contribution in [0.5, 0.6) is 0 Å². The highest BCUT2D eigenvalue weighted by atomic mass is 16.2. The molecule has 3 unspecified atom stereocenters. The Morgan fingerprint density at radius 3 is 2.65 bits per heavy atom. The highest BCUT2D eigenvalue weighted by Crippen LogP contribution is 2.33. The van der Waals surface area contributed by atoms with Crippen molar-refractivity contribution in [3.8, 4) is 0 Å². The Morgan fingerprint density at radius 1 is 1.25 bits per heavy atom. The van der Waals surface area contributed by atoms with E-state index in [9.17, 15) is 9.59 Å². The standard InChI is InChI=1S/C15H27N3O2/c1-15(16)8-4-3-7-12(15)14(20)18-9-5-6-11(10-18)13(19)17-2/h11-12H,3-10,16H2,1-2H3,(H,17,19). The van der Waals surface area contributed by atoms with E-state index in [2.05, 4.69) is 5.32 Å². The summed E-state index contributed by atoms with van der Waals surface area (Å²) in [4.78, 5) is 26.4. The van der Waals surface area contributed by atoms with Crippen LogP contribution in [0.2, 0.25) is 0 Å². The number of hydrogen-bond acceptors (Lipinski definition) is 3. The third kappa shape index (κ3) is 3.14. The Bertz CT molecular complexity index is 381. The van der Waals surface area contributed by atoms with Crippen molar-refractivity contribution in [2.75, 3.05) is 20.1 Å². The third-order valence-electron chi connectivity index (χ3n) is 4.90. The van der Waals surface area contributed by atoms with Gasteiger partial charge < -0.3 is 16.0 Å². The number of nitrogens with zero attached hydrogens (tertiary/aromatic N) is 1. The smallest absolute Gasteiger partial charge is 0.227 e. The highest BCUT2D eigenvalue weighted by Gasteiger charge is 2.41. The van der Waals surface area contributed by atoms with Crippen LogP contribution in [0.4, 0.5) is 0 Å². The van der Waals surface area contributed by atoms with Gasteiger partial charge in [0.25, 0.3) is 0 Å². The first kappa shape index (κ1) is 15.3. The first-order valence-corrected chi connectivity index (χ1v) is 7.75. The van der Waals surface area contributed by atoms with E-state index in [1.54, 1.807) is 7.05 Å². The van der Waals surface area contributed by atoms with Crippen LogP contribution in [0, 0.1) is 11.8 Å². The van der Waals surface area contributed by atoms with Gasteiger partial charge in [0, 0.05) is 25.7 Å². The van der Waals surface area contributed by atoms with Crippen LogP contribution in [0.3, 0.4) is 0 Å². The lowest BCUT2D eigenvalue weighted by atomic mass is 9.73. The second kappa shape index (κ2) is 6.12. The van der Waals surface area contributed by atoms with E-state index in [0.29, 0.717) is 6.54 Å². The molecule has 1 saturated heterocycles. The molecule has 20 heavy (non-hydrogen) atoms. The van der Waals surface area contributed by atoms with Crippen molar-refractivity contribution < 1.29 is 9.59 Å². The maximum atomic E-state index is 12.7. The minimum atomic E-state index is -0.394. The summed E-state index contributed by atoms with van der Waals surface area (Å²) in [6.45, 7) is 3.30. The number of carbonyl (C=O) groups excluding carboxylic acids is 2. The summed E-state index contributed by atoms with van der Waals surface area (Å²) in [6.07, 6.45) is 5.75. The Labute approximate surface area is 121 Å². The van der Waals surface area contributed by atoms with Crippen LogP contribution < -0.4 is 11.1 Å². The Balaban J connectivity index is 2.03. The van der Waals surface area contributed by atoms with Gasteiger partial charge in [-0.25, -0.2) is 0 Å². The van der Waals surface area contributed by atoms with E-state index in [1.807, 2.05) is 11.8 Å². The molecule has 114 valence electrons. The molecule has 1 heterocycles. The number of carbonyl (C=O) groups is 2. The van der Waals surface area contributed by atoms with Gasteiger partial charge in [0.2, 0.25) is 11.8 Å². The fraction of sp³-hybridized carbons (Fsp3) is 0.867. The molecule has 1 aliphatic heterocycles. The Morgan fingerprint density at radius 2 is 2.00 bits per heavy atom. The lowest BCUT2D eigenvalue weighted by Crippen LogP contribution is -2.55. The van der Waals surface area contributed by atoms with Gasteiger partial charge in [0.1, 0.15) is 0 Å². The van der Waals surface area contributed by atoms with Crippen molar-refractivity contribution in [3.05, 3.63) is 0 Å². The van der Waals surface area contributed by atoms with Crippen molar-refractivity contribution in [2.24, 2.45) is 17.6 Å². The first-order chi connectivity index (χ1) is 9.45. The van der Waals surface area contributed by atoms with Gasteiger partial charge >= 0.3 is 0 Å². The average molecular weight is 281 g/mol.